The molecule has 5 aromatic carbocycles. The molecule has 0 aliphatic carbocycles. The Morgan fingerprint density at radius 1 is 0.610 bits per heavy atom. The second kappa shape index (κ2) is 9.52. The van der Waals surface area contributed by atoms with Crippen LogP contribution in [0.1, 0.15) is 16.7 Å². The van der Waals surface area contributed by atoms with Crippen LogP contribution < -0.4 is 23.7 Å². The molecule has 0 fully saturated rings. The summed E-state index contributed by atoms with van der Waals surface area (Å²) in [6, 6.07) is 27.9. The zero-order chi connectivity index (χ0) is 28.1. The molecule has 0 saturated heterocycles. The van der Waals surface area contributed by atoms with E-state index in [9.17, 15) is 0 Å². The molecule has 0 unspecified atom stereocenters. The highest BCUT2D eigenvalue weighted by Gasteiger charge is 2.39. The van der Waals surface area contributed by atoms with Crippen molar-refractivity contribution in [3.05, 3.63) is 108 Å². The van der Waals surface area contributed by atoms with Crippen molar-refractivity contribution in [3.8, 4) is 28.7 Å². The van der Waals surface area contributed by atoms with Gasteiger partial charge in [0.05, 0.1) is 33.8 Å². The van der Waals surface area contributed by atoms with E-state index in [2.05, 4.69) is 24.3 Å². The van der Waals surface area contributed by atoms with Gasteiger partial charge in [0, 0.05) is 45.0 Å². The average Bonchev–Trinajstić information content (AvgIpc) is 3.44. The first-order valence-corrected chi connectivity index (χ1v) is 13.3. The minimum absolute atomic E-state index is 0.663. The van der Waals surface area contributed by atoms with Crippen LogP contribution in [-0.4, -0.2) is 28.4 Å². The summed E-state index contributed by atoms with van der Waals surface area (Å²) in [5, 5.41) is 3.71. The molecule has 6 nitrogen and oxygen atoms in total. The number of fused-ring (bicyclic) bond motifs is 8. The third-order valence-electron chi connectivity index (χ3n) is 7.90. The predicted octanol–water partition coefficient (Wildman–Crippen LogP) is 8.12. The number of benzene rings is 5. The zero-order valence-corrected chi connectivity index (χ0v) is 23.2. The Morgan fingerprint density at radius 3 is 1.80 bits per heavy atom. The van der Waals surface area contributed by atoms with Gasteiger partial charge in [0.15, 0.2) is 5.60 Å². The van der Waals surface area contributed by atoms with Crippen molar-refractivity contribution < 1.29 is 28.1 Å². The van der Waals surface area contributed by atoms with E-state index in [1.807, 2.05) is 72.8 Å². The Morgan fingerprint density at radius 2 is 1.22 bits per heavy atom. The standard InChI is InChI=1S/C35H28O6/c1-36-23-13-9-21(10-14-23)35(22-11-15-24(37-2)16-12-22)18-17-28-31-32-29(39-4)19-25(38-3)20-30(32)40-34(31)27-8-6-5-7-26(27)33(28)41-35/h5-20H,1-4H3. The van der Waals surface area contributed by atoms with E-state index in [1.54, 1.807) is 28.4 Å². The summed E-state index contributed by atoms with van der Waals surface area (Å²) >= 11 is 0. The summed E-state index contributed by atoms with van der Waals surface area (Å²) in [7, 11) is 6.62. The van der Waals surface area contributed by atoms with Gasteiger partial charge in [-0.2, -0.15) is 0 Å². The van der Waals surface area contributed by atoms with E-state index in [-0.39, 0.29) is 0 Å². The van der Waals surface area contributed by atoms with E-state index in [0.717, 1.165) is 61.1 Å². The van der Waals surface area contributed by atoms with Crippen molar-refractivity contribution in [2.75, 3.05) is 28.4 Å². The lowest BCUT2D eigenvalue weighted by atomic mass is 9.82. The van der Waals surface area contributed by atoms with Crippen LogP contribution in [0.2, 0.25) is 0 Å². The van der Waals surface area contributed by atoms with Crippen LogP contribution in [0.15, 0.2) is 95.4 Å². The van der Waals surface area contributed by atoms with E-state index >= 15 is 0 Å². The zero-order valence-electron chi connectivity index (χ0n) is 23.2. The van der Waals surface area contributed by atoms with E-state index in [0.29, 0.717) is 17.1 Å². The molecule has 6 heteroatoms. The summed E-state index contributed by atoms with van der Waals surface area (Å²) in [5.74, 6) is 3.65. The molecular weight excluding hydrogens is 516 g/mol. The highest BCUT2D eigenvalue weighted by Crippen LogP contribution is 2.52. The van der Waals surface area contributed by atoms with Gasteiger partial charge in [0.2, 0.25) is 0 Å². The van der Waals surface area contributed by atoms with E-state index < -0.39 is 5.60 Å². The largest absolute Gasteiger partial charge is 0.497 e. The Balaban J connectivity index is 1.56. The fourth-order valence-electron chi connectivity index (χ4n) is 5.85. The topological polar surface area (TPSA) is 59.3 Å². The second-order valence-electron chi connectivity index (χ2n) is 9.93. The van der Waals surface area contributed by atoms with Gasteiger partial charge in [-0.25, -0.2) is 0 Å². The molecule has 7 rings (SSSR count). The number of methoxy groups -OCH3 is 4. The summed E-state index contributed by atoms with van der Waals surface area (Å²) < 4.78 is 36.0. The lowest BCUT2D eigenvalue weighted by Gasteiger charge is -2.37. The Hall–Kier alpha value is -5.10. The van der Waals surface area contributed by atoms with Gasteiger partial charge in [-0.3, -0.25) is 0 Å². The van der Waals surface area contributed by atoms with Crippen LogP contribution in [0.4, 0.5) is 0 Å². The lowest BCUT2D eigenvalue weighted by molar-refractivity contribution is 0.164. The van der Waals surface area contributed by atoms with Gasteiger partial charge in [-0.05, 0) is 36.4 Å². The number of hydrogen-bond acceptors (Lipinski definition) is 6. The molecule has 204 valence electrons. The maximum Gasteiger partial charge on any atom is 0.178 e. The molecule has 1 aliphatic heterocycles. The molecule has 0 spiro atoms. The molecule has 0 saturated carbocycles. The molecule has 0 N–H and O–H groups in total. The molecular formula is C35H28O6. The van der Waals surface area contributed by atoms with Gasteiger partial charge in [0.25, 0.3) is 0 Å². The molecule has 2 heterocycles. The molecule has 1 aliphatic rings. The fourth-order valence-corrected chi connectivity index (χ4v) is 5.85. The van der Waals surface area contributed by atoms with E-state index in [1.165, 1.54) is 0 Å². The monoisotopic (exact) mass is 544 g/mol. The maximum atomic E-state index is 7.22. The van der Waals surface area contributed by atoms with Crippen molar-refractivity contribution in [1.29, 1.82) is 0 Å². The van der Waals surface area contributed by atoms with Crippen molar-refractivity contribution in [2.45, 2.75) is 5.60 Å². The van der Waals surface area contributed by atoms with Crippen LogP contribution in [0.5, 0.6) is 28.7 Å². The van der Waals surface area contributed by atoms with Gasteiger partial charge in [-0.1, -0.05) is 48.5 Å². The minimum Gasteiger partial charge on any atom is -0.497 e. The first kappa shape index (κ1) is 24.9. The number of rotatable bonds is 6. The first-order valence-electron chi connectivity index (χ1n) is 13.3. The third kappa shape index (κ3) is 3.71. The predicted molar refractivity (Wildman–Crippen MR) is 161 cm³/mol. The van der Waals surface area contributed by atoms with Gasteiger partial charge in [0.1, 0.15) is 39.9 Å². The number of hydrogen-bond donors (Lipinski definition) is 0. The van der Waals surface area contributed by atoms with Crippen molar-refractivity contribution in [1.82, 2.24) is 0 Å². The molecule has 1 aromatic heterocycles. The van der Waals surface area contributed by atoms with Crippen molar-refractivity contribution in [2.24, 2.45) is 0 Å². The quantitative estimate of drug-likeness (QED) is 0.211. The summed E-state index contributed by atoms with van der Waals surface area (Å²) in [6.45, 7) is 0. The molecule has 6 aromatic rings. The lowest BCUT2D eigenvalue weighted by Crippen LogP contribution is -2.34. The second-order valence-corrected chi connectivity index (χ2v) is 9.93. The molecule has 0 bridgehead atoms. The van der Waals surface area contributed by atoms with Crippen LogP contribution in [0.3, 0.4) is 0 Å². The van der Waals surface area contributed by atoms with Crippen LogP contribution in [0.25, 0.3) is 38.8 Å². The van der Waals surface area contributed by atoms with Gasteiger partial charge < -0.3 is 28.1 Å². The van der Waals surface area contributed by atoms with Crippen LogP contribution in [-0.2, 0) is 5.60 Å². The Kier molecular flexibility index (Phi) is 5.78. The summed E-state index contributed by atoms with van der Waals surface area (Å²) in [5.41, 5.74) is 3.41. The molecule has 0 atom stereocenters. The van der Waals surface area contributed by atoms with Gasteiger partial charge in [-0.15, -0.1) is 0 Å². The smallest absolute Gasteiger partial charge is 0.178 e. The third-order valence-corrected chi connectivity index (χ3v) is 7.90. The Bertz CT molecular complexity index is 1900. The minimum atomic E-state index is -0.908. The number of ether oxygens (including phenoxy) is 5. The fraction of sp³-hybridized carbons (Fsp3) is 0.143. The summed E-state index contributed by atoms with van der Waals surface area (Å²) in [4.78, 5) is 0. The maximum absolute atomic E-state index is 7.22. The summed E-state index contributed by atoms with van der Waals surface area (Å²) in [6.07, 6.45) is 4.25. The molecule has 41 heavy (non-hydrogen) atoms. The van der Waals surface area contributed by atoms with Crippen molar-refractivity contribution in [3.63, 3.8) is 0 Å². The SMILES string of the molecule is COc1ccc(C2(c3ccc(OC)cc3)C=Cc3c(c4ccccc4c4oc5cc(OC)cc(OC)c5c34)O2)cc1. The van der Waals surface area contributed by atoms with E-state index in [4.69, 9.17) is 28.1 Å². The molecule has 0 amide bonds. The average molecular weight is 545 g/mol. The first-order chi connectivity index (χ1) is 20.1. The van der Waals surface area contributed by atoms with Crippen LogP contribution in [0, 0.1) is 0 Å². The highest BCUT2D eigenvalue weighted by molar-refractivity contribution is 6.22. The number of furan rings is 1. The Labute approximate surface area is 237 Å². The van der Waals surface area contributed by atoms with Crippen molar-refractivity contribution >= 4 is 38.8 Å². The van der Waals surface area contributed by atoms with Crippen LogP contribution >= 0.6 is 0 Å². The normalized spacial score (nSPS) is 13.7. The molecule has 0 radical (unpaired) electrons. The van der Waals surface area contributed by atoms with Gasteiger partial charge >= 0.3 is 0 Å². The highest BCUT2D eigenvalue weighted by atomic mass is 16.5.